The van der Waals surface area contributed by atoms with Gasteiger partial charge in [0.15, 0.2) is 0 Å². The Balaban J connectivity index is 2.06. The molecule has 0 aromatic carbocycles. The fraction of sp³-hybridized carbons (Fsp3) is 0.778. The van der Waals surface area contributed by atoms with Crippen molar-refractivity contribution in [2.24, 2.45) is 0 Å². The van der Waals surface area contributed by atoms with Gasteiger partial charge in [-0.25, -0.2) is 0 Å². The average molecular weight is 197 g/mol. The van der Waals surface area contributed by atoms with E-state index in [1.165, 1.54) is 32.1 Å². The Bertz CT molecular complexity index is 252. The van der Waals surface area contributed by atoms with Crippen LogP contribution in [0.1, 0.15) is 39.0 Å². The van der Waals surface area contributed by atoms with Gasteiger partial charge in [0.2, 0.25) is 5.13 Å². The van der Waals surface area contributed by atoms with Crippen molar-refractivity contribution in [1.29, 1.82) is 0 Å². The molecule has 0 spiro atoms. The first-order valence-corrected chi connectivity index (χ1v) is 5.77. The van der Waals surface area contributed by atoms with Crippen LogP contribution in [0.2, 0.25) is 0 Å². The summed E-state index contributed by atoms with van der Waals surface area (Å²) in [5.41, 5.74) is 2.10. The fourth-order valence-electron chi connectivity index (χ4n) is 2.07. The lowest BCUT2D eigenvalue weighted by Gasteiger charge is -2.28. The third kappa shape index (κ3) is 1.82. The molecule has 0 radical (unpaired) electrons. The van der Waals surface area contributed by atoms with E-state index in [1.807, 2.05) is 0 Å². The molecule has 1 aliphatic carbocycles. The van der Waals surface area contributed by atoms with E-state index in [9.17, 15) is 0 Å². The molecule has 4 heteroatoms. The highest BCUT2D eigenvalue weighted by atomic mass is 32.1. The van der Waals surface area contributed by atoms with Crippen molar-refractivity contribution in [3.05, 3.63) is 5.51 Å². The van der Waals surface area contributed by atoms with E-state index in [4.69, 9.17) is 0 Å². The molecule has 1 heterocycles. The van der Waals surface area contributed by atoms with Crippen molar-refractivity contribution in [3.8, 4) is 0 Å². The Morgan fingerprint density at radius 2 is 2.31 bits per heavy atom. The zero-order valence-electron chi connectivity index (χ0n) is 7.92. The first kappa shape index (κ1) is 8.94. The van der Waals surface area contributed by atoms with Gasteiger partial charge in [0.25, 0.3) is 0 Å². The second-order valence-corrected chi connectivity index (χ2v) is 4.54. The molecule has 0 atom stereocenters. The van der Waals surface area contributed by atoms with Gasteiger partial charge in [0, 0.05) is 5.54 Å². The van der Waals surface area contributed by atoms with Crippen LogP contribution in [0, 0.1) is 0 Å². The van der Waals surface area contributed by atoms with Crippen molar-refractivity contribution < 1.29 is 0 Å². The standard InChI is InChI=1S/C9H15N3S/c1-2-9(5-3-4-6-9)11-8-12-10-7-13-8/h7H,2-6H2,1H3,(H,11,12). The molecule has 72 valence electrons. The molecule has 1 N–H and O–H groups in total. The van der Waals surface area contributed by atoms with Crippen LogP contribution in [0.25, 0.3) is 0 Å². The van der Waals surface area contributed by atoms with Gasteiger partial charge in [-0.1, -0.05) is 31.1 Å². The Kier molecular flexibility index (Phi) is 2.49. The second-order valence-electron chi connectivity index (χ2n) is 3.71. The van der Waals surface area contributed by atoms with Crippen LogP contribution in [-0.2, 0) is 0 Å². The third-order valence-corrected chi connectivity index (χ3v) is 3.58. The number of hydrogen-bond donors (Lipinski definition) is 1. The molecule has 1 fully saturated rings. The molecule has 0 unspecified atom stereocenters. The van der Waals surface area contributed by atoms with Crippen LogP contribution in [-0.4, -0.2) is 15.7 Å². The molecule has 0 bridgehead atoms. The van der Waals surface area contributed by atoms with Crippen molar-refractivity contribution in [3.63, 3.8) is 0 Å². The van der Waals surface area contributed by atoms with Crippen molar-refractivity contribution >= 4 is 16.5 Å². The average Bonchev–Trinajstić information content (AvgIpc) is 2.77. The molecular weight excluding hydrogens is 182 g/mol. The largest absolute Gasteiger partial charge is 0.355 e. The number of aromatic nitrogens is 2. The number of rotatable bonds is 3. The lowest BCUT2D eigenvalue weighted by Crippen LogP contribution is -2.33. The highest BCUT2D eigenvalue weighted by molar-refractivity contribution is 7.13. The minimum Gasteiger partial charge on any atom is -0.355 e. The molecule has 1 aromatic rings. The Hall–Kier alpha value is -0.640. The van der Waals surface area contributed by atoms with Crippen molar-refractivity contribution in [1.82, 2.24) is 10.2 Å². The van der Waals surface area contributed by atoms with Gasteiger partial charge in [0.1, 0.15) is 5.51 Å². The van der Waals surface area contributed by atoms with E-state index in [1.54, 1.807) is 16.8 Å². The normalized spacial score (nSPS) is 20.4. The van der Waals surface area contributed by atoms with Crippen LogP contribution >= 0.6 is 11.3 Å². The van der Waals surface area contributed by atoms with Crippen LogP contribution in [0.5, 0.6) is 0 Å². The Morgan fingerprint density at radius 3 is 2.85 bits per heavy atom. The highest BCUT2D eigenvalue weighted by Crippen LogP contribution is 2.35. The summed E-state index contributed by atoms with van der Waals surface area (Å²) in [6, 6.07) is 0. The maximum Gasteiger partial charge on any atom is 0.205 e. The van der Waals surface area contributed by atoms with Crippen LogP contribution in [0.3, 0.4) is 0 Å². The second kappa shape index (κ2) is 3.62. The third-order valence-electron chi connectivity index (χ3n) is 2.97. The minimum atomic E-state index is 0.319. The van der Waals surface area contributed by atoms with E-state index in [-0.39, 0.29) is 0 Å². The molecule has 0 aliphatic heterocycles. The van der Waals surface area contributed by atoms with Gasteiger partial charge in [-0.2, -0.15) is 0 Å². The molecule has 0 amide bonds. The van der Waals surface area contributed by atoms with Crippen LogP contribution < -0.4 is 5.32 Å². The van der Waals surface area contributed by atoms with Crippen molar-refractivity contribution in [2.75, 3.05) is 5.32 Å². The molecule has 1 aromatic heterocycles. The van der Waals surface area contributed by atoms with Crippen LogP contribution in [0.15, 0.2) is 5.51 Å². The van der Waals surface area contributed by atoms with Gasteiger partial charge >= 0.3 is 0 Å². The van der Waals surface area contributed by atoms with Gasteiger partial charge in [-0.3, -0.25) is 0 Å². The van der Waals surface area contributed by atoms with Gasteiger partial charge < -0.3 is 5.32 Å². The lowest BCUT2D eigenvalue weighted by atomic mass is 9.95. The topological polar surface area (TPSA) is 37.8 Å². The Labute approximate surface area is 82.6 Å². The summed E-state index contributed by atoms with van der Waals surface area (Å²) in [5.74, 6) is 0. The predicted octanol–water partition coefficient (Wildman–Crippen LogP) is 2.67. The molecule has 1 aliphatic rings. The lowest BCUT2D eigenvalue weighted by molar-refractivity contribution is 0.464. The predicted molar refractivity (Wildman–Crippen MR) is 55.0 cm³/mol. The SMILES string of the molecule is CCC1(Nc2nncs2)CCCC1. The summed E-state index contributed by atoms with van der Waals surface area (Å²) in [7, 11) is 0. The molecule has 0 saturated heterocycles. The van der Waals surface area contributed by atoms with E-state index in [0.29, 0.717) is 5.54 Å². The number of nitrogens with zero attached hydrogens (tertiary/aromatic N) is 2. The van der Waals surface area contributed by atoms with Crippen LogP contribution in [0.4, 0.5) is 5.13 Å². The zero-order valence-corrected chi connectivity index (χ0v) is 8.73. The van der Waals surface area contributed by atoms with Gasteiger partial charge in [-0.05, 0) is 19.3 Å². The van der Waals surface area contributed by atoms with E-state index in [0.717, 1.165) is 5.13 Å². The van der Waals surface area contributed by atoms with Gasteiger partial charge in [-0.15, -0.1) is 10.2 Å². The van der Waals surface area contributed by atoms with E-state index >= 15 is 0 Å². The van der Waals surface area contributed by atoms with E-state index in [2.05, 4.69) is 22.4 Å². The smallest absolute Gasteiger partial charge is 0.205 e. The fourth-order valence-corrected chi connectivity index (χ4v) is 2.64. The quantitative estimate of drug-likeness (QED) is 0.809. The summed E-state index contributed by atoms with van der Waals surface area (Å²) in [5, 5.41) is 12.4. The number of anilines is 1. The monoisotopic (exact) mass is 197 g/mol. The summed E-state index contributed by atoms with van der Waals surface area (Å²) in [6.45, 7) is 2.25. The molecular formula is C9H15N3S. The molecule has 1 saturated carbocycles. The summed E-state index contributed by atoms with van der Waals surface area (Å²) in [4.78, 5) is 0. The number of hydrogen-bond acceptors (Lipinski definition) is 4. The van der Waals surface area contributed by atoms with Gasteiger partial charge in [0.05, 0.1) is 0 Å². The Morgan fingerprint density at radius 1 is 1.54 bits per heavy atom. The first-order valence-electron chi connectivity index (χ1n) is 4.89. The van der Waals surface area contributed by atoms with E-state index < -0.39 is 0 Å². The van der Waals surface area contributed by atoms with Crippen molar-refractivity contribution in [2.45, 2.75) is 44.6 Å². The summed E-state index contributed by atoms with van der Waals surface area (Å²) >= 11 is 1.59. The highest BCUT2D eigenvalue weighted by Gasteiger charge is 2.32. The zero-order chi connectivity index (χ0) is 9.15. The molecule has 2 rings (SSSR count). The summed E-state index contributed by atoms with van der Waals surface area (Å²) in [6.07, 6.45) is 6.44. The first-order chi connectivity index (χ1) is 6.35. The molecule has 3 nitrogen and oxygen atoms in total. The number of nitrogens with one attached hydrogen (secondary N) is 1. The maximum atomic E-state index is 4.03. The maximum absolute atomic E-state index is 4.03. The minimum absolute atomic E-state index is 0.319. The molecule has 13 heavy (non-hydrogen) atoms. The summed E-state index contributed by atoms with van der Waals surface area (Å²) < 4.78 is 0.